The van der Waals surface area contributed by atoms with Crippen molar-refractivity contribution in [2.75, 3.05) is 19.7 Å². The summed E-state index contributed by atoms with van der Waals surface area (Å²) < 4.78 is 3.63. The van der Waals surface area contributed by atoms with Gasteiger partial charge in [-0.1, -0.05) is 35.9 Å². The van der Waals surface area contributed by atoms with Crippen LogP contribution in [0.4, 0.5) is 0 Å². The van der Waals surface area contributed by atoms with Gasteiger partial charge in [0.1, 0.15) is 16.5 Å². The van der Waals surface area contributed by atoms with E-state index in [4.69, 9.17) is 16.6 Å². The van der Waals surface area contributed by atoms with Gasteiger partial charge in [-0.2, -0.15) is 5.10 Å². The molecule has 1 spiro atoms. The van der Waals surface area contributed by atoms with E-state index < -0.39 is 0 Å². The predicted molar refractivity (Wildman–Crippen MR) is 135 cm³/mol. The lowest BCUT2D eigenvalue weighted by Gasteiger charge is -2.44. The highest BCUT2D eigenvalue weighted by molar-refractivity contribution is 6.32. The number of imidazole rings is 1. The van der Waals surface area contributed by atoms with Gasteiger partial charge in [-0.05, 0) is 55.2 Å². The number of carbonyl (C=O) groups is 1. The summed E-state index contributed by atoms with van der Waals surface area (Å²) in [5.41, 5.74) is 6.06. The summed E-state index contributed by atoms with van der Waals surface area (Å²) in [7, 11) is 1.91. The molecule has 0 bridgehead atoms. The minimum atomic E-state index is 0.0314. The van der Waals surface area contributed by atoms with Crippen molar-refractivity contribution in [3.8, 4) is 22.4 Å². The second-order valence-electron chi connectivity index (χ2n) is 10.2. The summed E-state index contributed by atoms with van der Waals surface area (Å²) in [4.78, 5) is 20.1. The number of benzene rings is 1. The quantitative estimate of drug-likeness (QED) is 0.454. The molecule has 1 aliphatic heterocycles. The molecule has 35 heavy (non-hydrogen) atoms. The summed E-state index contributed by atoms with van der Waals surface area (Å²) in [5, 5.41) is 14.4. The molecule has 0 atom stereocenters. The first-order valence-corrected chi connectivity index (χ1v) is 12.4. The Morgan fingerprint density at radius 2 is 1.97 bits per heavy atom. The second kappa shape index (κ2) is 8.21. The Kier molecular flexibility index (Phi) is 5.23. The molecule has 8 heteroatoms. The van der Waals surface area contributed by atoms with E-state index in [2.05, 4.69) is 11.2 Å². The third-order valence-corrected chi connectivity index (χ3v) is 8.09. The Morgan fingerprint density at radius 1 is 1.20 bits per heavy atom. The Morgan fingerprint density at radius 3 is 2.69 bits per heavy atom. The molecule has 3 aromatic heterocycles. The Bertz CT molecular complexity index is 1450. The van der Waals surface area contributed by atoms with E-state index in [1.54, 1.807) is 4.68 Å². The Balaban J connectivity index is 1.33. The monoisotopic (exact) mass is 489 g/mol. The number of amides is 1. The van der Waals surface area contributed by atoms with E-state index in [0.717, 1.165) is 54.7 Å². The van der Waals surface area contributed by atoms with Crippen molar-refractivity contribution in [2.24, 2.45) is 18.4 Å². The fourth-order valence-electron chi connectivity index (χ4n) is 6.03. The molecular weight excluding hydrogens is 462 g/mol. The van der Waals surface area contributed by atoms with E-state index in [1.807, 2.05) is 66.0 Å². The van der Waals surface area contributed by atoms with Gasteiger partial charge in [0.05, 0.1) is 5.69 Å². The largest absolute Gasteiger partial charge is 0.396 e. The van der Waals surface area contributed by atoms with E-state index in [9.17, 15) is 9.90 Å². The van der Waals surface area contributed by atoms with Gasteiger partial charge in [0, 0.05) is 55.8 Å². The van der Waals surface area contributed by atoms with E-state index in [0.29, 0.717) is 28.0 Å². The zero-order valence-corrected chi connectivity index (χ0v) is 20.7. The third kappa shape index (κ3) is 3.65. The third-order valence-electron chi connectivity index (χ3n) is 7.73. The molecule has 4 aromatic rings. The summed E-state index contributed by atoms with van der Waals surface area (Å²) >= 11 is 6.81. The number of likely N-dealkylation sites (tertiary alicyclic amines) is 1. The number of halogens is 1. The minimum absolute atomic E-state index is 0.0314. The maximum atomic E-state index is 13.3. The molecular formula is C27H28ClN5O2. The zero-order chi connectivity index (χ0) is 24.3. The molecule has 7 nitrogen and oxygen atoms in total. The standard InChI is InChI=1S/C27H28ClN5O2/c1-17-22(14-31(2)30-17)20-5-3-4-6-21(20)24-25(28)33-9-7-19(11-23(33)29-24)26(35)32-10-8-27(16-32)12-18(13-27)15-34/h3-7,9,11,14,18,34H,8,10,12-13,15-16H2,1-2H3. The van der Waals surface area contributed by atoms with Gasteiger partial charge in [0.25, 0.3) is 5.91 Å². The highest BCUT2D eigenvalue weighted by atomic mass is 35.5. The Hall–Kier alpha value is -3.16. The second-order valence-corrected chi connectivity index (χ2v) is 10.5. The van der Waals surface area contributed by atoms with Crippen LogP contribution in [0.2, 0.25) is 5.15 Å². The van der Waals surface area contributed by atoms with Crippen LogP contribution in [0.1, 0.15) is 35.3 Å². The van der Waals surface area contributed by atoms with Gasteiger partial charge in [-0.3, -0.25) is 13.9 Å². The van der Waals surface area contributed by atoms with Crippen molar-refractivity contribution in [3.05, 3.63) is 65.2 Å². The molecule has 0 unspecified atom stereocenters. The van der Waals surface area contributed by atoms with E-state index in [-0.39, 0.29) is 17.9 Å². The number of rotatable bonds is 4. The molecule has 4 heterocycles. The van der Waals surface area contributed by atoms with Gasteiger partial charge in [-0.15, -0.1) is 0 Å². The van der Waals surface area contributed by atoms with Crippen LogP contribution in [0.15, 0.2) is 48.8 Å². The first-order valence-electron chi connectivity index (χ1n) is 12.1. The first kappa shape index (κ1) is 22.3. The lowest BCUT2D eigenvalue weighted by Crippen LogP contribution is -2.42. The van der Waals surface area contributed by atoms with Crippen LogP contribution in [-0.4, -0.2) is 54.8 Å². The van der Waals surface area contributed by atoms with Crippen LogP contribution in [0.5, 0.6) is 0 Å². The fraction of sp³-hybridized carbons (Fsp3) is 0.370. The number of aliphatic hydroxyl groups excluding tert-OH is 1. The maximum absolute atomic E-state index is 13.3. The molecule has 6 rings (SSSR count). The highest BCUT2D eigenvalue weighted by Gasteiger charge is 2.49. The molecule has 2 fully saturated rings. The summed E-state index contributed by atoms with van der Waals surface area (Å²) in [6.45, 7) is 3.77. The SMILES string of the molecule is Cc1nn(C)cc1-c1ccccc1-c1nc2cc(C(=O)N3CCC4(CC(CO)C4)C3)ccn2c1Cl. The summed E-state index contributed by atoms with van der Waals surface area (Å²) in [5.74, 6) is 0.425. The lowest BCUT2D eigenvalue weighted by molar-refractivity contribution is 0.0234. The number of aromatic nitrogens is 4. The zero-order valence-electron chi connectivity index (χ0n) is 19.9. The van der Waals surface area contributed by atoms with Crippen molar-refractivity contribution < 1.29 is 9.90 Å². The number of aryl methyl sites for hydroxylation is 2. The lowest BCUT2D eigenvalue weighted by atomic mass is 9.62. The van der Waals surface area contributed by atoms with Crippen molar-refractivity contribution in [2.45, 2.75) is 26.2 Å². The summed E-state index contributed by atoms with van der Waals surface area (Å²) in [6, 6.07) is 11.7. The minimum Gasteiger partial charge on any atom is -0.396 e. The average molecular weight is 490 g/mol. The van der Waals surface area contributed by atoms with Crippen LogP contribution in [0.3, 0.4) is 0 Å². The van der Waals surface area contributed by atoms with Crippen molar-refractivity contribution in [1.29, 1.82) is 0 Å². The highest BCUT2D eigenvalue weighted by Crippen LogP contribution is 2.51. The molecule has 1 aliphatic carbocycles. The normalized spacial score (nSPS) is 21.7. The van der Waals surface area contributed by atoms with E-state index in [1.165, 1.54) is 0 Å². The maximum Gasteiger partial charge on any atom is 0.254 e. The molecule has 0 radical (unpaired) electrons. The Labute approximate surface area is 209 Å². The number of hydrogen-bond acceptors (Lipinski definition) is 4. The number of aliphatic hydroxyl groups is 1. The van der Waals surface area contributed by atoms with Crippen molar-refractivity contribution in [1.82, 2.24) is 24.1 Å². The number of hydrogen-bond donors (Lipinski definition) is 1. The number of pyridine rings is 1. The molecule has 1 saturated heterocycles. The molecule has 1 amide bonds. The summed E-state index contributed by atoms with van der Waals surface area (Å²) in [6.07, 6.45) is 6.88. The van der Waals surface area contributed by atoms with Gasteiger partial charge in [0.2, 0.25) is 0 Å². The topological polar surface area (TPSA) is 75.7 Å². The van der Waals surface area contributed by atoms with Crippen molar-refractivity contribution in [3.63, 3.8) is 0 Å². The van der Waals surface area contributed by atoms with Crippen LogP contribution < -0.4 is 0 Å². The average Bonchev–Trinajstić information content (AvgIpc) is 3.52. The molecule has 180 valence electrons. The van der Waals surface area contributed by atoms with Gasteiger partial charge >= 0.3 is 0 Å². The molecule has 1 saturated carbocycles. The van der Waals surface area contributed by atoms with Gasteiger partial charge in [0.15, 0.2) is 0 Å². The smallest absolute Gasteiger partial charge is 0.254 e. The number of nitrogens with zero attached hydrogens (tertiary/aromatic N) is 5. The number of fused-ring (bicyclic) bond motifs is 1. The van der Waals surface area contributed by atoms with Crippen LogP contribution in [0.25, 0.3) is 28.0 Å². The fourth-order valence-corrected chi connectivity index (χ4v) is 6.31. The van der Waals surface area contributed by atoms with E-state index >= 15 is 0 Å². The first-order chi connectivity index (χ1) is 16.9. The number of carbonyl (C=O) groups excluding carboxylic acids is 1. The van der Waals surface area contributed by atoms with Crippen LogP contribution >= 0.6 is 11.6 Å². The van der Waals surface area contributed by atoms with Crippen LogP contribution in [0, 0.1) is 18.3 Å². The molecule has 1 N–H and O–H groups in total. The van der Waals surface area contributed by atoms with Gasteiger partial charge < -0.3 is 10.0 Å². The van der Waals surface area contributed by atoms with Crippen LogP contribution in [-0.2, 0) is 7.05 Å². The predicted octanol–water partition coefficient (Wildman–Crippen LogP) is 4.60. The van der Waals surface area contributed by atoms with Gasteiger partial charge in [-0.25, -0.2) is 4.98 Å². The molecule has 2 aliphatic rings. The molecule has 1 aromatic carbocycles. The van der Waals surface area contributed by atoms with Crippen molar-refractivity contribution >= 4 is 23.2 Å².